The van der Waals surface area contributed by atoms with Gasteiger partial charge in [-0.05, 0) is 37.1 Å². The molecule has 1 aliphatic rings. The van der Waals surface area contributed by atoms with Gasteiger partial charge in [0, 0.05) is 25.7 Å². The standard InChI is InChI=1S/C15H22N2O2/c1-2-17(14-7-8-14)10-9-16-11-12-3-5-13(6-4-12)15(18)19/h3-6,14,16H,2,7-11H2,1H3,(H,18,19). The van der Waals surface area contributed by atoms with Gasteiger partial charge in [-0.2, -0.15) is 0 Å². The van der Waals surface area contributed by atoms with Gasteiger partial charge in [-0.25, -0.2) is 4.79 Å². The van der Waals surface area contributed by atoms with Crippen molar-refractivity contribution >= 4 is 5.97 Å². The SMILES string of the molecule is CCN(CCNCc1ccc(C(=O)O)cc1)C1CC1. The van der Waals surface area contributed by atoms with Gasteiger partial charge >= 0.3 is 5.97 Å². The lowest BCUT2D eigenvalue weighted by molar-refractivity contribution is 0.0697. The van der Waals surface area contributed by atoms with Crippen LogP contribution in [0.15, 0.2) is 24.3 Å². The van der Waals surface area contributed by atoms with E-state index in [4.69, 9.17) is 5.11 Å². The minimum absolute atomic E-state index is 0.342. The van der Waals surface area contributed by atoms with E-state index in [1.54, 1.807) is 12.1 Å². The molecule has 104 valence electrons. The molecule has 4 heteroatoms. The highest BCUT2D eigenvalue weighted by molar-refractivity contribution is 5.87. The van der Waals surface area contributed by atoms with Crippen LogP contribution in [0.4, 0.5) is 0 Å². The Morgan fingerprint density at radius 3 is 2.58 bits per heavy atom. The fraction of sp³-hybridized carbons (Fsp3) is 0.533. The van der Waals surface area contributed by atoms with Crippen LogP contribution in [0, 0.1) is 0 Å². The van der Waals surface area contributed by atoms with Gasteiger partial charge in [0.2, 0.25) is 0 Å². The number of carboxylic acid groups (broad SMARTS) is 1. The maximum atomic E-state index is 10.7. The van der Waals surface area contributed by atoms with Crippen molar-refractivity contribution in [2.75, 3.05) is 19.6 Å². The lowest BCUT2D eigenvalue weighted by Crippen LogP contribution is -2.33. The van der Waals surface area contributed by atoms with Crippen LogP contribution in [-0.2, 0) is 6.54 Å². The second-order valence-corrected chi connectivity index (χ2v) is 5.04. The Labute approximate surface area is 114 Å². The molecule has 19 heavy (non-hydrogen) atoms. The number of nitrogens with one attached hydrogen (secondary N) is 1. The van der Waals surface area contributed by atoms with Crippen molar-refractivity contribution in [1.82, 2.24) is 10.2 Å². The minimum atomic E-state index is -0.873. The summed E-state index contributed by atoms with van der Waals surface area (Å²) in [6.45, 7) is 6.20. The van der Waals surface area contributed by atoms with Crippen molar-refractivity contribution in [2.45, 2.75) is 32.4 Å². The molecule has 4 nitrogen and oxygen atoms in total. The van der Waals surface area contributed by atoms with Crippen molar-refractivity contribution in [3.8, 4) is 0 Å². The van der Waals surface area contributed by atoms with Gasteiger partial charge in [0.05, 0.1) is 5.56 Å². The van der Waals surface area contributed by atoms with Gasteiger partial charge in [0.25, 0.3) is 0 Å². The second-order valence-electron chi connectivity index (χ2n) is 5.04. The predicted molar refractivity (Wildman–Crippen MR) is 75.4 cm³/mol. The minimum Gasteiger partial charge on any atom is -0.478 e. The molecule has 0 amide bonds. The van der Waals surface area contributed by atoms with Crippen molar-refractivity contribution < 1.29 is 9.90 Å². The molecular formula is C15H22N2O2. The highest BCUT2D eigenvalue weighted by atomic mass is 16.4. The van der Waals surface area contributed by atoms with Crippen molar-refractivity contribution in [2.24, 2.45) is 0 Å². The zero-order valence-electron chi connectivity index (χ0n) is 11.4. The first-order chi connectivity index (χ1) is 9.20. The Bertz CT molecular complexity index is 413. The van der Waals surface area contributed by atoms with Gasteiger partial charge in [-0.1, -0.05) is 19.1 Å². The second kappa shape index (κ2) is 6.68. The third-order valence-electron chi connectivity index (χ3n) is 3.58. The van der Waals surface area contributed by atoms with E-state index in [0.29, 0.717) is 5.56 Å². The van der Waals surface area contributed by atoms with Crippen LogP contribution < -0.4 is 5.32 Å². The van der Waals surface area contributed by atoms with E-state index in [2.05, 4.69) is 17.1 Å². The number of carboxylic acids is 1. The summed E-state index contributed by atoms with van der Waals surface area (Å²) in [5, 5.41) is 12.2. The molecule has 0 unspecified atom stereocenters. The molecule has 1 aliphatic carbocycles. The molecule has 0 bridgehead atoms. The Kier molecular flexibility index (Phi) is 4.93. The van der Waals surface area contributed by atoms with Gasteiger partial charge in [-0.3, -0.25) is 4.90 Å². The zero-order valence-corrected chi connectivity index (χ0v) is 11.4. The lowest BCUT2D eigenvalue weighted by atomic mass is 10.1. The van der Waals surface area contributed by atoms with E-state index < -0.39 is 5.97 Å². The summed E-state index contributed by atoms with van der Waals surface area (Å²) in [6.07, 6.45) is 2.70. The van der Waals surface area contributed by atoms with Crippen molar-refractivity contribution in [3.63, 3.8) is 0 Å². The van der Waals surface area contributed by atoms with E-state index >= 15 is 0 Å². The monoisotopic (exact) mass is 262 g/mol. The third kappa shape index (κ3) is 4.33. The number of carbonyl (C=O) groups is 1. The normalized spacial score (nSPS) is 14.8. The summed E-state index contributed by atoms with van der Waals surface area (Å²) in [6, 6.07) is 7.87. The van der Waals surface area contributed by atoms with Crippen LogP contribution in [0.2, 0.25) is 0 Å². The first-order valence-corrected chi connectivity index (χ1v) is 6.97. The summed E-state index contributed by atoms with van der Waals surface area (Å²) >= 11 is 0. The number of hydrogen-bond donors (Lipinski definition) is 2. The molecule has 0 atom stereocenters. The quantitative estimate of drug-likeness (QED) is 0.703. The van der Waals surface area contributed by atoms with Gasteiger partial charge in [0.1, 0.15) is 0 Å². The molecule has 1 fully saturated rings. The zero-order chi connectivity index (χ0) is 13.7. The molecule has 0 aromatic heterocycles. The van der Waals surface area contributed by atoms with Gasteiger partial charge in [-0.15, -0.1) is 0 Å². The average Bonchev–Trinajstić information content (AvgIpc) is 3.24. The summed E-state index contributed by atoms with van der Waals surface area (Å²) < 4.78 is 0. The van der Waals surface area contributed by atoms with Gasteiger partial charge < -0.3 is 10.4 Å². The first-order valence-electron chi connectivity index (χ1n) is 6.97. The Hall–Kier alpha value is -1.39. The van der Waals surface area contributed by atoms with Crippen LogP contribution in [0.25, 0.3) is 0 Å². The molecule has 1 aromatic rings. The average molecular weight is 262 g/mol. The summed E-state index contributed by atoms with van der Waals surface area (Å²) in [5.41, 5.74) is 1.47. The van der Waals surface area contributed by atoms with E-state index in [0.717, 1.165) is 37.8 Å². The first kappa shape index (κ1) is 14.0. The molecule has 0 heterocycles. The maximum Gasteiger partial charge on any atom is 0.335 e. The number of rotatable bonds is 8. The number of aromatic carboxylic acids is 1. The van der Waals surface area contributed by atoms with E-state index in [9.17, 15) is 4.79 Å². The van der Waals surface area contributed by atoms with Crippen LogP contribution in [0.1, 0.15) is 35.7 Å². The molecule has 2 N–H and O–H groups in total. The molecule has 1 saturated carbocycles. The summed E-state index contributed by atoms with van der Waals surface area (Å²) in [7, 11) is 0. The fourth-order valence-corrected chi connectivity index (χ4v) is 2.26. The van der Waals surface area contributed by atoms with Crippen LogP contribution >= 0.6 is 0 Å². The molecule has 0 aliphatic heterocycles. The smallest absolute Gasteiger partial charge is 0.335 e. The molecular weight excluding hydrogens is 240 g/mol. The van der Waals surface area contributed by atoms with Crippen LogP contribution in [-0.4, -0.2) is 41.7 Å². The van der Waals surface area contributed by atoms with Crippen LogP contribution in [0.3, 0.4) is 0 Å². The molecule has 1 aromatic carbocycles. The van der Waals surface area contributed by atoms with Crippen LogP contribution in [0.5, 0.6) is 0 Å². The van der Waals surface area contributed by atoms with E-state index in [1.807, 2.05) is 12.1 Å². The largest absolute Gasteiger partial charge is 0.478 e. The van der Waals surface area contributed by atoms with E-state index in [1.165, 1.54) is 12.8 Å². The Morgan fingerprint density at radius 2 is 2.05 bits per heavy atom. The maximum absolute atomic E-state index is 10.7. The fourth-order valence-electron chi connectivity index (χ4n) is 2.26. The number of hydrogen-bond acceptors (Lipinski definition) is 3. The number of benzene rings is 1. The highest BCUT2D eigenvalue weighted by Crippen LogP contribution is 2.25. The van der Waals surface area contributed by atoms with Crippen molar-refractivity contribution in [1.29, 1.82) is 0 Å². The third-order valence-corrected chi connectivity index (χ3v) is 3.58. The Balaban J connectivity index is 1.68. The summed E-state index contributed by atoms with van der Waals surface area (Å²) in [4.78, 5) is 13.2. The molecule has 0 radical (unpaired) electrons. The number of nitrogens with zero attached hydrogens (tertiary/aromatic N) is 1. The predicted octanol–water partition coefficient (Wildman–Crippen LogP) is 1.96. The van der Waals surface area contributed by atoms with Gasteiger partial charge in [0.15, 0.2) is 0 Å². The highest BCUT2D eigenvalue weighted by Gasteiger charge is 2.26. The molecule has 2 rings (SSSR count). The summed E-state index contributed by atoms with van der Waals surface area (Å²) in [5.74, 6) is -0.873. The van der Waals surface area contributed by atoms with E-state index in [-0.39, 0.29) is 0 Å². The Morgan fingerprint density at radius 1 is 1.37 bits per heavy atom. The van der Waals surface area contributed by atoms with Crippen molar-refractivity contribution in [3.05, 3.63) is 35.4 Å². The lowest BCUT2D eigenvalue weighted by Gasteiger charge is -2.19. The number of likely N-dealkylation sites (N-methyl/N-ethyl adjacent to an activating group) is 1. The molecule has 0 spiro atoms. The topological polar surface area (TPSA) is 52.6 Å². The molecule has 0 saturated heterocycles.